The van der Waals surface area contributed by atoms with Crippen molar-refractivity contribution < 1.29 is 19.3 Å². The van der Waals surface area contributed by atoms with E-state index in [0.29, 0.717) is 33.0 Å². The lowest BCUT2D eigenvalue weighted by atomic mass is 10.0. The Morgan fingerprint density at radius 3 is 2.25 bits per heavy atom. The van der Waals surface area contributed by atoms with Crippen LogP contribution in [0.4, 0.5) is 0 Å². The van der Waals surface area contributed by atoms with Crippen molar-refractivity contribution in [3.63, 3.8) is 0 Å². The third kappa shape index (κ3) is 7.01. The lowest BCUT2D eigenvalue weighted by Crippen LogP contribution is -2.12. The molecule has 0 saturated carbocycles. The quantitative estimate of drug-likeness (QED) is 0.669. The molecule has 0 fully saturated rings. The number of aliphatic hydroxyl groups is 1. The first-order valence-electron chi connectivity index (χ1n) is 7.04. The fourth-order valence-corrected chi connectivity index (χ4v) is 2.02. The Hall–Kier alpha value is -0.940. The van der Waals surface area contributed by atoms with E-state index in [0.717, 1.165) is 23.1 Å². The monoisotopic (exact) mass is 282 g/mol. The second-order valence-electron chi connectivity index (χ2n) is 4.97. The van der Waals surface area contributed by atoms with E-state index in [9.17, 15) is 5.11 Å². The summed E-state index contributed by atoms with van der Waals surface area (Å²) in [7, 11) is 1.68. The molecule has 0 saturated heterocycles. The molecule has 0 aliphatic carbocycles. The number of aliphatic hydroxyl groups excluding tert-OH is 1. The predicted octanol–water partition coefficient (Wildman–Crippen LogP) is 2.41. The largest absolute Gasteiger partial charge is 0.386 e. The first kappa shape index (κ1) is 17.1. The first-order valence-corrected chi connectivity index (χ1v) is 7.04. The highest BCUT2D eigenvalue weighted by Crippen LogP contribution is 2.17. The maximum atomic E-state index is 10.1. The van der Waals surface area contributed by atoms with Gasteiger partial charge in [0.25, 0.3) is 0 Å². The van der Waals surface area contributed by atoms with E-state index < -0.39 is 6.10 Å². The van der Waals surface area contributed by atoms with Crippen molar-refractivity contribution in [1.82, 2.24) is 0 Å². The van der Waals surface area contributed by atoms with Gasteiger partial charge in [0, 0.05) is 20.3 Å². The van der Waals surface area contributed by atoms with Gasteiger partial charge in [-0.2, -0.15) is 0 Å². The third-order valence-electron chi connectivity index (χ3n) is 2.91. The summed E-state index contributed by atoms with van der Waals surface area (Å²) >= 11 is 0. The second kappa shape index (κ2) is 9.88. The Morgan fingerprint density at radius 1 is 0.950 bits per heavy atom. The number of aryl methyl sites for hydroxylation is 2. The highest BCUT2D eigenvalue weighted by Gasteiger charge is 2.08. The summed E-state index contributed by atoms with van der Waals surface area (Å²) < 4.78 is 15.7. The van der Waals surface area contributed by atoms with Crippen molar-refractivity contribution in [2.75, 3.05) is 40.1 Å². The molecule has 0 aliphatic heterocycles. The number of ether oxygens (including phenoxy) is 3. The van der Waals surface area contributed by atoms with E-state index in [1.54, 1.807) is 7.11 Å². The lowest BCUT2D eigenvalue weighted by Gasteiger charge is -2.13. The normalized spacial score (nSPS) is 12.6. The summed E-state index contributed by atoms with van der Waals surface area (Å²) in [6.45, 7) is 6.78. The summed E-state index contributed by atoms with van der Waals surface area (Å²) in [6.07, 6.45) is 0.309. The summed E-state index contributed by atoms with van der Waals surface area (Å²) in [5.41, 5.74) is 3.21. The molecule has 0 spiro atoms. The van der Waals surface area contributed by atoms with Gasteiger partial charge in [0.2, 0.25) is 0 Å². The summed E-state index contributed by atoms with van der Waals surface area (Å²) in [6, 6.07) is 6.06. The van der Waals surface area contributed by atoms with Crippen molar-refractivity contribution in [2.45, 2.75) is 26.4 Å². The van der Waals surface area contributed by atoms with Crippen LogP contribution in [0.1, 0.15) is 29.2 Å². The minimum absolute atomic E-state index is 0.296. The highest BCUT2D eigenvalue weighted by atomic mass is 16.5. The van der Waals surface area contributed by atoms with Crippen molar-refractivity contribution in [3.8, 4) is 0 Å². The van der Waals surface area contributed by atoms with Gasteiger partial charge < -0.3 is 19.3 Å². The lowest BCUT2D eigenvalue weighted by molar-refractivity contribution is 0.000473. The number of hydrogen-bond acceptors (Lipinski definition) is 4. The van der Waals surface area contributed by atoms with E-state index in [-0.39, 0.29) is 0 Å². The molecule has 0 bridgehead atoms. The molecular formula is C16H26O4. The molecule has 0 aromatic heterocycles. The number of benzene rings is 1. The summed E-state index contributed by atoms with van der Waals surface area (Å²) in [5, 5.41) is 10.1. The zero-order valence-electron chi connectivity index (χ0n) is 12.7. The van der Waals surface area contributed by atoms with Crippen LogP contribution in [0.15, 0.2) is 18.2 Å². The maximum Gasteiger partial charge on any atom is 0.102 e. The van der Waals surface area contributed by atoms with Crippen LogP contribution in [-0.2, 0) is 14.2 Å². The van der Waals surface area contributed by atoms with Gasteiger partial charge in [-0.3, -0.25) is 0 Å². The van der Waals surface area contributed by atoms with Crippen molar-refractivity contribution in [1.29, 1.82) is 0 Å². The molecule has 1 N–H and O–H groups in total. The number of methoxy groups -OCH3 is 1. The van der Waals surface area contributed by atoms with Gasteiger partial charge in [-0.15, -0.1) is 0 Å². The van der Waals surface area contributed by atoms with Gasteiger partial charge in [-0.1, -0.05) is 29.3 Å². The molecule has 4 nitrogen and oxygen atoms in total. The van der Waals surface area contributed by atoms with Crippen molar-refractivity contribution in [3.05, 3.63) is 34.9 Å². The summed E-state index contributed by atoms with van der Waals surface area (Å²) in [5.74, 6) is 0. The van der Waals surface area contributed by atoms with E-state index >= 15 is 0 Å². The molecular weight excluding hydrogens is 256 g/mol. The van der Waals surface area contributed by atoms with Gasteiger partial charge in [0.15, 0.2) is 0 Å². The predicted molar refractivity (Wildman–Crippen MR) is 79.0 cm³/mol. The SMILES string of the molecule is COCCCOCCOCC(O)c1cc(C)cc(C)c1. The van der Waals surface area contributed by atoms with E-state index in [4.69, 9.17) is 14.2 Å². The van der Waals surface area contributed by atoms with Crippen molar-refractivity contribution in [2.24, 2.45) is 0 Å². The topological polar surface area (TPSA) is 47.9 Å². The fourth-order valence-electron chi connectivity index (χ4n) is 2.02. The molecule has 1 unspecified atom stereocenters. The van der Waals surface area contributed by atoms with Crippen LogP contribution in [-0.4, -0.2) is 45.3 Å². The van der Waals surface area contributed by atoms with Gasteiger partial charge in [0.05, 0.1) is 19.8 Å². The Labute approximate surface area is 121 Å². The molecule has 1 aromatic carbocycles. The zero-order valence-corrected chi connectivity index (χ0v) is 12.7. The standard InChI is InChI=1S/C16H26O4/c1-13-9-14(2)11-15(10-13)16(17)12-20-8-7-19-6-4-5-18-3/h9-11,16-17H,4-8,12H2,1-3H3. The molecule has 20 heavy (non-hydrogen) atoms. The van der Waals surface area contributed by atoms with E-state index in [1.807, 2.05) is 26.0 Å². The van der Waals surface area contributed by atoms with Gasteiger partial charge in [-0.25, -0.2) is 0 Å². The minimum atomic E-state index is -0.581. The van der Waals surface area contributed by atoms with Crippen LogP contribution in [0.2, 0.25) is 0 Å². The van der Waals surface area contributed by atoms with Crippen LogP contribution in [0, 0.1) is 13.8 Å². The van der Waals surface area contributed by atoms with Crippen LogP contribution in [0.25, 0.3) is 0 Å². The van der Waals surface area contributed by atoms with E-state index in [1.165, 1.54) is 0 Å². The van der Waals surface area contributed by atoms with Crippen LogP contribution >= 0.6 is 0 Å². The zero-order chi connectivity index (χ0) is 14.8. The molecule has 1 rings (SSSR count). The molecule has 114 valence electrons. The number of hydrogen-bond donors (Lipinski definition) is 1. The van der Waals surface area contributed by atoms with E-state index in [2.05, 4.69) is 6.07 Å². The molecule has 1 aromatic rings. The molecule has 1 atom stereocenters. The minimum Gasteiger partial charge on any atom is -0.386 e. The Balaban J connectivity index is 2.15. The van der Waals surface area contributed by atoms with Gasteiger partial charge in [-0.05, 0) is 25.8 Å². The third-order valence-corrected chi connectivity index (χ3v) is 2.91. The Morgan fingerprint density at radius 2 is 1.60 bits per heavy atom. The van der Waals surface area contributed by atoms with Gasteiger partial charge in [0.1, 0.15) is 6.10 Å². The van der Waals surface area contributed by atoms with Crippen LogP contribution in [0.5, 0.6) is 0 Å². The average Bonchev–Trinajstić information content (AvgIpc) is 2.40. The Kier molecular flexibility index (Phi) is 8.46. The molecule has 4 heteroatoms. The number of rotatable bonds is 10. The van der Waals surface area contributed by atoms with Gasteiger partial charge >= 0.3 is 0 Å². The maximum absolute atomic E-state index is 10.1. The molecule has 0 aliphatic rings. The van der Waals surface area contributed by atoms with Crippen LogP contribution < -0.4 is 0 Å². The summed E-state index contributed by atoms with van der Waals surface area (Å²) in [4.78, 5) is 0. The molecule has 0 radical (unpaired) electrons. The second-order valence-corrected chi connectivity index (χ2v) is 4.97. The first-order chi connectivity index (χ1) is 9.63. The molecule has 0 heterocycles. The van der Waals surface area contributed by atoms with Crippen LogP contribution in [0.3, 0.4) is 0 Å². The molecule has 0 amide bonds. The average molecular weight is 282 g/mol. The smallest absolute Gasteiger partial charge is 0.102 e. The Bertz CT molecular complexity index is 358. The van der Waals surface area contributed by atoms with Crippen molar-refractivity contribution >= 4 is 0 Å². The highest BCUT2D eigenvalue weighted by molar-refractivity contribution is 5.29. The fraction of sp³-hybridized carbons (Fsp3) is 0.625.